The average molecular weight is 328 g/mol. The fraction of sp³-hybridized carbons (Fsp3) is 0.150. The fourth-order valence-corrected chi connectivity index (χ4v) is 2.17. The van der Waals surface area contributed by atoms with Gasteiger partial charge in [-0.2, -0.15) is 15.8 Å². The molecule has 5 heteroatoms. The zero-order chi connectivity index (χ0) is 17.9. The first-order valence-electron chi connectivity index (χ1n) is 7.75. The number of anilines is 1. The molecule has 0 amide bonds. The Bertz CT molecular complexity index is 834. The van der Waals surface area contributed by atoms with Crippen LogP contribution >= 0.6 is 0 Å². The molecule has 0 heterocycles. The van der Waals surface area contributed by atoms with Gasteiger partial charge < -0.3 is 10.1 Å². The van der Waals surface area contributed by atoms with E-state index in [0.717, 1.165) is 18.6 Å². The lowest BCUT2D eigenvalue weighted by Gasteiger charge is -2.08. The molecular weight excluding hydrogens is 312 g/mol. The van der Waals surface area contributed by atoms with Gasteiger partial charge in [-0.05, 0) is 42.7 Å². The largest absolute Gasteiger partial charge is 0.494 e. The smallest absolute Gasteiger partial charge is 0.163 e. The summed E-state index contributed by atoms with van der Waals surface area (Å²) in [5.74, 6) is 0.724. The highest BCUT2D eigenvalue weighted by Crippen LogP contribution is 2.18. The van der Waals surface area contributed by atoms with E-state index in [0.29, 0.717) is 12.3 Å². The van der Waals surface area contributed by atoms with Crippen molar-refractivity contribution in [2.75, 3.05) is 11.9 Å². The van der Waals surface area contributed by atoms with Gasteiger partial charge in [-0.3, -0.25) is 0 Å². The molecule has 0 fully saturated rings. The normalized spacial score (nSPS) is 9.16. The Hall–Kier alpha value is -3.75. The third-order valence-corrected chi connectivity index (χ3v) is 3.43. The van der Waals surface area contributed by atoms with Crippen LogP contribution in [0, 0.1) is 34.0 Å². The number of hydrogen-bond donors (Lipinski definition) is 1. The lowest BCUT2D eigenvalue weighted by molar-refractivity contribution is 0.311. The molecular formula is C20H16N4O. The average Bonchev–Trinajstić information content (AvgIpc) is 2.67. The van der Waals surface area contributed by atoms with E-state index in [2.05, 4.69) is 17.4 Å². The van der Waals surface area contributed by atoms with Gasteiger partial charge in [-0.25, -0.2) is 0 Å². The number of nitrogens with one attached hydrogen (secondary N) is 1. The van der Waals surface area contributed by atoms with Crippen LogP contribution in [0.5, 0.6) is 5.75 Å². The van der Waals surface area contributed by atoms with Crippen molar-refractivity contribution in [3.63, 3.8) is 0 Å². The number of ether oxygens (including phenoxy) is 1. The molecule has 2 aromatic carbocycles. The first-order chi connectivity index (χ1) is 12.3. The highest BCUT2D eigenvalue weighted by Gasteiger charge is 2.06. The Kier molecular flexibility index (Phi) is 6.62. The van der Waals surface area contributed by atoms with E-state index in [1.807, 2.05) is 24.3 Å². The van der Waals surface area contributed by atoms with Crippen molar-refractivity contribution in [2.24, 2.45) is 0 Å². The van der Waals surface area contributed by atoms with Gasteiger partial charge in [0.05, 0.1) is 6.61 Å². The van der Waals surface area contributed by atoms with Crippen molar-refractivity contribution in [3.8, 4) is 24.0 Å². The molecule has 0 saturated heterocycles. The number of nitriles is 3. The molecule has 2 aromatic rings. The van der Waals surface area contributed by atoms with Crippen LogP contribution in [-0.2, 0) is 6.42 Å². The molecule has 2 rings (SSSR count). The first kappa shape index (κ1) is 17.6. The zero-order valence-corrected chi connectivity index (χ0v) is 13.6. The summed E-state index contributed by atoms with van der Waals surface area (Å²) in [6.07, 6.45) is 1.88. The summed E-state index contributed by atoms with van der Waals surface area (Å²) in [6.45, 7) is 0.609. The van der Waals surface area contributed by atoms with Crippen LogP contribution in [0.4, 0.5) is 5.69 Å². The molecule has 25 heavy (non-hydrogen) atoms. The number of aryl methyl sites for hydroxylation is 1. The molecule has 0 spiro atoms. The number of rotatable bonds is 7. The summed E-state index contributed by atoms with van der Waals surface area (Å²) in [7, 11) is 0. The van der Waals surface area contributed by atoms with Crippen LogP contribution in [0.15, 0.2) is 65.9 Å². The van der Waals surface area contributed by atoms with E-state index in [9.17, 15) is 0 Å². The van der Waals surface area contributed by atoms with Crippen LogP contribution < -0.4 is 10.1 Å². The second kappa shape index (κ2) is 9.40. The fourth-order valence-electron chi connectivity index (χ4n) is 2.17. The third-order valence-electron chi connectivity index (χ3n) is 3.43. The maximum absolute atomic E-state index is 9.01. The molecule has 0 atom stereocenters. The maximum Gasteiger partial charge on any atom is 0.163 e. The summed E-state index contributed by atoms with van der Waals surface area (Å²) in [5.41, 5.74) is 1.58. The van der Waals surface area contributed by atoms with Crippen LogP contribution in [0.1, 0.15) is 12.0 Å². The van der Waals surface area contributed by atoms with Gasteiger partial charge in [0.25, 0.3) is 0 Å². The SMILES string of the molecule is N#CC(C#N)=C(C#N)Nc1ccc(OCCCc2ccccc2)cc1. The number of hydrogen-bond acceptors (Lipinski definition) is 5. The Balaban J connectivity index is 1.86. The van der Waals surface area contributed by atoms with E-state index in [1.54, 1.807) is 36.4 Å². The van der Waals surface area contributed by atoms with Crippen molar-refractivity contribution in [1.29, 1.82) is 15.8 Å². The molecule has 1 N–H and O–H groups in total. The predicted octanol–water partition coefficient (Wildman–Crippen LogP) is 3.93. The molecule has 0 unspecified atom stereocenters. The topological polar surface area (TPSA) is 92.6 Å². The monoisotopic (exact) mass is 328 g/mol. The summed E-state index contributed by atoms with van der Waals surface area (Å²) in [6, 6.07) is 22.5. The Labute approximate surface area is 147 Å². The molecule has 0 bridgehead atoms. The minimum absolute atomic E-state index is 0.0680. The molecule has 0 aliphatic heterocycles. The minimum atomic E-state index is -0.247. The van der Waals surface area contributed by atoms with Gasteiger partial charge in [-0.1, -0.05) is 30.3 Å². The third kappa shape index (κ3) is 5.43. The standard InChI is InChI=1S/C20H16N4O/c21-13-17(14-22)20(15-23)24-18-8-10-19(11-9-18)25-12-4-7-16-5-2-1-3-6-16/h1-3,5-6,8-11,24H,4,7,12H2. The predicted molar refractivity (Wildman–Crippen MR) is 94.2 cm³/mol. The van der Waals surface area contributed by atoms with Crippen LogP contribution in [-0.4, -0.2) is 6.61 Å². The summed E-state index contributed by atoms with van der Waals surface area (Å²) < 4.78 is 5.69. The van der Waals surface area contributed by atoms with Gasteiger partial charge in [0, 0.05) is 5.69 Å². The molecule has 0 aromatic heterocycles. The lowest BCUT2D eigenvalue weighted by Crippen LogP contribution is -2.01. The molecule has 0 saturated carbocycles. The number of nitrogens with zero attached hydrogens (tertiary/aromatic N) is 3. The van der Waals surface area contributed by atoms with Crippen LogP contribution in [0.2, 0.25) is 0 Å². The summed E-state index contributed by atoms with van der Waals surface area (Å²) in [5, 5.41) is 29.4. The van der Waals surface area contributed by atoms with Crippen molar-refractivity contribution < 1.29 is 4.74 Å². The highest BCUT2D eigenvalue weighted by molar-refractivity contribution is 5.58. The first-order valence-corrected chi connectivity index (χ1v) is 7.75. The van der Waals surface area contributed by atoms with Crippen molar-refractivity contribution in [2.45, 2.75) is 12.8 Å². The second-order valence-electron chi connectivity index (χ2n) is 5.17. The Morgan fingerprint density at radius 3 is 2.16 bits per heavy atom. The van der Waals surface area contributed by atoms with E-state index in [4.69, 9.17) is 20.5 Å². The minimum Gasteiger partial charge on any atom is -0.494 e. The van der Waals surface area contributed by atoms with Gasteiger partial charge in [-0.15, -0.1) is 0 Å². The van der Waals surface area contributed by atoms with Crippen molar-refractivity contribution in [3.05, 3.63) is 71.4 Å². The van der Waals surface area contributed by atoms with Gasteiger partial charge >= 0.3 is 0 Å². The molecule has 122 valence electrons. The quantitative estimate of drug-likeness (QED) is 0.614. The number of allylic oxidation sites excluding steroid dienone is 2. The molecule has 0 aliphatic carbocycles. The highest BCUT2D eigenvalue weighted by atomic mass is 16.5. The molecule has 5 nitrogen and oxygen atoms in total. The van der Waals surface area contributed by atoms with Gasteiger partial charge in [0.1, 0.15) is 29.7 Å². The van der Waals surface area contributed by atoms with Crippen molar-refractivity contribution in [1.82, 2.24) is 0 Å². The van der Waals surface area contributed by atoms with E-state index in [1.165, 1.54) is 5.56 Å². The number of benzene rings is 2. The Morgan fingerprint density at radius 1 is 0.880 bits per heavy atom. The van der Waals surface area contributed by atoms with E-state index in [-0.39, 0.29) is 11.3 Å². The Morgan fingerprint density at radius 2 is 1.56 bits per heavy atom. The summed E-state index contributed by atoms with van der Waals surface area (Å²) in [4.78, 5) is 0. The van der Waals surface area contributed by atoms with Crippen LogP contribution in [0.3, 0.4) is 0 Å². The molecule has 0 aliphatic rings. The summed E-state index contributed by atoms with van der Waals surface area (Å²) >= 11 is 0. The van der Waals surface area contributed by atoms with Crippen LogP contribution in [0.25, 0.3) is 0 Å². The van der Waals surface area contributed by atoms with Gasteiger partial charge in [0.15, 0.2) is 5.57 Å². The van der Waals surface area contributed by atoms with E-state index < -0.39 is 0 Å². The van der Waals surface area contributed by atoms with Gasteiger partial charge in [0.2, 0.25) is 0 Å². The molecule has 0 radical (unpaired) electrons. The van der Waals surface area contributed by atoms with E-state index >= 15 is 0 Å². The lowest BCUT2D eigenvalue weighted by atomic mass is 10.1. The maximum atomic E-state index is 9.01. The second-order valence-corrected chi connectivity index (χ2v) is 5.17. The van der Waals surface area contributed by atoms with Crippen molar-refractivity contribution >= 4 is 5.69 Å². The zero-order valence-electron chi connectivity index (χ0n) is 13.6.